The van der Waals surface area contributed by atoms with E-state index in [9.17, 15) is 18.0 Å². The first-order chi connectivity index (χ1) is 10.8. The molecule has 9 heteroatoms. The van der Waals surface area contributed by atoms with Crippen LogP contribution in [0.2, 0.25) is 0 Å². The van der Waals surface area contributed by atoms with Gasteiger partial charge in [0.2, 0.25) is 15.9 Å². The number of rotatable bonds is 4. The molecule has 1 aromatic rings. The predicted octanol–water partition coefficient (Wildman–Crippen LogP) is 0.698. The highest BCUT2D eigenvalue weighted by molar-refractivity contribution is 7.88. The summed E-state index contributed by atoms with van der Waals surface area (Å²) in [6, 6.07) is -0.720. The van der Waals surface area contributed by atoms with E-state index < -0.39 is 27.9 Å². The Morgan fingerprint density at radius 2 is 2.04 bits per heavy atom. The number of carbonyl (C=O) groups is 2. The number of primary amides is 1. The molecule has 1 atom stereocenters. The second kappa shape index (κ2) is 5.88. The van der Waals surface area contributed by atoms with Gasteiger partial charge in [0.25, 0.3) is 5.91 Å². The number of carbonyl (C=O) groups excluding carboxylic acids is 2. The summed E-state index contributed by atoms with van der Waals surface area (Å²) in [6.07, 6.45) is 4.89. The summed E-state index contributed by atoms with van der Waals surface area (Å²) in [7, 11) is -3.43. The normalized spacial score (nSPS) is 21.3. The van der Waals surface area contributed by atoms with Gasteiger partial charge < -0.3 is 11.1 Å². The molecule has 3 N–H and O–H groups in total. The number of anilines is 1. The van der Waals surface area contributed by atoms with Crippen molar-refractivity contribution < 1.29 is 18.0 Å². The van der Waals surface area contributed by atoms with Gasteiger partial charge in [0.05, 0.1) is 11.8 Å². The lowest BCUT2D eigenvalue weighted by molar-refractivity contribution is -0.119. The summed E-state index contributed by atoms with van der Waals surface area (Å²) in [4.78, 5) is 25.3. The predicted molar refractivity (Wildman–Crippen MR) is 88.1 cm³/mol. The average Bonchev–Trinajstić information content (AvgIpc) is 3.11. The fraction of sp³-hybridized carbons (Fsp3) is 0.571. The van der Waals surface area contributed by atoms with E-state index in [1.165, 1.54) is 15.6 Å². The van der Waals surface area contributed by atoms with Crippen molar-refractivity contribution in [3.05, 3.63) is 16.0 Å². The van der Waals surface area contributed by atoms with Crippen molar-refractivity contribution in [2.45, 2.75) is 38.1 Å². The van der Waals surface area contributed by atoms with Crippen LogP contribution in [0.4, 0.5) is 5.00 Å². The second-order valence-electron chi connectivity index (χ2n) is 5.95. The van der Waals surface area contributed by atoms with Crippen LogP contribution in [0, 0.1) is 0 Å². The van der Waals surface area contributed by atoms with Crippen molar-refractivity contribution in [1.82, 2.24) is 4.31 Å². The largest absolute Gasteiger partial charge is 0.365 e. The number of hydrogen-bond donors (Lipinski definition) is 2. The molecule has 0 spiro atoms. The summed E-state index contributed by atoms with van der Waals surface area (Å²) in [5.74, 6) is -0.943. The summed E-state index contributed by atoms with van der Waals surface area (Å²) >= 11 is 1.37. The van der Waals surface area contributed by atoms with Gasteiger partial charge in [0, 0.05) is 11.4 Å². The highest BCUT2D eigenvalue weighted by atomic mass is 32.2. The minimum Gasteiger partial charge on any atom is -0.365 e. The number of thiophene rings is 1. The SMILES string of the molecule is CS(=O)(=O)N1CCC[C@H]1C(=O)Nc1sc2c(c1C(N)=O)CCC2. The number of nitrogens with zero attached hydrogens (tertiary/aromatic N) is 1. The lowest BCUT2D eigenvalue weighted by Crippen LogP contribution is -2.42. The first kappa shape index (κ1) is 16.4. The van der Waals surface area contributed by atoms with Crippen molar-refractivity contribution >= 4 is 38.2 Å². The minimum atomic E-state index is -3.43. The molecular weight excluding hydrogens is 338 g/mol. The van der Waals surface area contributed by atoms with Crippen LogP contribution >= 0.6 is 11.3 Å². The van der Waals surface area contributed by atoms with Crippen LogP contribution in [-0.2, 0) is 27.7 Å². The number of sulfonamides is 1. The van der Waals surface area contributed by atoms with Crippen LogP contribution in [0.15, 0.2) is 0 Å². The smallest absolute Gasteiger partial charge is 0.251 e. The fourth-order valence-corrected chi connectivity index (χ4v) is 5.77. The summed E-state index contributed by atoms with van der Waals surface area (Å²) in [5.41, 5.74) is 6.79. The lowest BCUT2D eigenvalue weighted by atomic mass is 10.1. The zero-order chi connectivity index (χ0) is 16.8. The average molecular weight is 357 g/mol. The summed E-state index contributed by atoms with van der Waals surface area (Å²) < 4.78 is 24.7. The molecule has 1 saturated heterocycles. The van der Waals surface area contributed by atoms with E-state index in [-0.39, 0.29) is 0 Å². The number of nitrogens with one attached hydrogen (secondary N) is 1. The maximum Gasteiger partial charge on any atom is 0.251 e. The molecule has 2 aliphatic rings. The Balaban J connectivity index is 1.85. The van der Waals surface area contributed by atoms with Gasteiger partial charge in [0.15, 0.2) is 0 Å². The molecule has 3 rings (SSSR count). The van der Waals surface area contributed by atoms with Gasteiger partial charge in [0.1, 0.15) is 11.0 Å². The van der Waals surface area contributed by atoms with Crippen LogP contribution in [0.5, 0.6) is 0 Å². The van der Waals surface area contributed by atoms with Crippen molar-refractivity contribution in [1.29, 1.82) is 0 Å². The maximum atomic E-state index is 12.5. The molecule has 0 saturated carbocycles. The molecule has 0 bridgehead atoms. The van der Waals surface area contributed by atoms with Crippen molar-refractivity contribution in [2.75, 3.05) is 18.1 Å². The van der Waals surface area contributed by atoms with Crippen LogP contribution in [0.1, 0.15) is 40.1 Å². The number of nitrogens with two attached hydrogens (primary N) is 1. The van der Waals surface area contributed by atoms with Crippen molar-refractivity contribution in [2.24, 2.45) is 5.73 Å². The van der Waals surface area contributed by atoms with Gasteiger partial charge in [-0.25, -0.2) is 8.42 Å². The minimum absolute atomic E-state index is 0.348. The Kier molecular flexibility index (Phi) is 4.19. The standard InChI is InChI=1S/C14H19N3O4S2/c1-23(20,21)17-7-3-5-9(17)13(19)16-14-11(12(15)18)8-4-2-6-10(8)22-14/h9H,2-7H2,1H3,(H2,15,18)(H,16,19)/t9-/m0/s1. The molecule has 2 amide bonds. The van der Waals surface area contributed by atoms with E-state index in [1.807, 2.05) is 0 Å². The summed E-state index contributed by atoms with van der Waals surface area (Å²) in [5, 5.41) is 3.19. The van der Waals surface area contributed by atoms with E-state index in [0.29, 0.717) is 30.0 Å². The van der Waals surface area contributed by atoms with Gasteiger partial charge in [-0.3, -0.25) is 9.59 Å². The molecule has 2 heterocycles. The van der Waals surface area contributed by atoms with Crippen LogP contribution in [0.25, 0.3) is 0 Å². The number of aryl methyl sites for hydroxylation is 1. The highest BCUT2D eigenvalue weighted by Gasteiger charge is 2.37. The molecule has 1 aromatic heterocycles. The molecule has 0 unspecified atom stereocenters. The first-order valence-corrected chi connectivity index (χ1v) is 10.2. The van der Waals surface area contributed by atoms with E-state index in [1.54, 1.807) is 0 Å². The molecule has 0 aromatic carbocycles. The Morgan fingerprint density at radius 1 is 1.30 bits per heavy atom. The van der Waals surface area contributed by atoms with E-state index in [0.717, 1.165) is 36.0 Å². The third-order valence-corrected chi connectivity index (χ3v) is 6.83. The quantitative estimate of drug-likeness (QED) is 0.826. The third-order valence-electron chi connectivity index (χ3n) is 4.34. The molecule has 1 aliphatic heterocycles. The number of hydrogen-bond acceptors (Lipinski definition) is 5. The number of amides is 2. The molecule has 1 aliphatic carbocycles. The molecule has 23 heavy (non-hydrogen) atoms. The third kappa shape index (κ3) is 3.00. The molecule has 0 radical (unpaired) electrons. The van der Waals surface area contributed by atoms with Gasteiger partial charge >= 0.3 is 0 Å². The highest BCUT2D eigenvalue weighted by Crippen LogP contribution is 2.39. The Hall–Kier alpha value is -1.45. The zero-order valence-electron chi connectivity index (χ0n) is 12.8. The second-order valence-corrected chi connectivity index (χ2v) is 8.99. The molecule has 7 nitrogen and oxygen atoms in total. The fourth-order valence-electron chi connectivity index (χ4n) is 3.35. The maximum absolute atomic E-state index is 12.5. The van der Waals surface area contributed by atoms with E-state index >= 15 is 0 Å². The Morgan fingerprint density at radius 3 is 2.70 bits per heavy atom. The van der Waals surface area contributed by atoms with E-state index in [2.05, 4.69) is 5.32 Å². The topological polar surface area (TPSA) is 110 Å². The monoisotopic (exact) mass is 357 g/mol. The van der Waals surface area contributed by atoms with Gasteiger partial charge in [-0.2, -0.15) is 4.31 Å². The van der Waals surface area contributed by atoms with Crippen LogP contribution in [0.3, 0.4) is 0 Å². The zero-order valence-corrected chi connectivity index (χ0v) is 14.4. The number of fused-ring (bicyclic) bond motifs is 1. The van der Waals surface area contributed by atoms with Crippen LogP contribution < -0.4 is 11.1 Å². The van der Waals surface area contributed by atoms with Crippen molar-refractivity contribution in [3.8, 4) is 0 Å². The Bertz CT molecular complexity index is 769. The lowest BCUT2D eigenvalue weighted by Gasteiger charge is -2.21. The Labute approximate surface area is 138 Å². The van der Waals surface area contributed by atoms with Gasteiger partial charge in [-0.15, -0.1) is 11.3 Å². The van der Waals surface area contributed by atoms with Gasteiger partial charge in [-0.05, 0) is 37.7 Å². The van der Waals surface area contributed by atoms with Gasteiger partial charge in [-0.1, -0.05) is 0 Å². The van der Waals surface area contributed by atoms with Crippen molar-refractivity contribution in [3.63, 3.8) is 0 Å². The molecule has 1 fully saturated rings. The van der Waals surface area contributed by atoms with E-state index in [4.69, 9.17) is 5.73 Å². The summed E-state index contributed by atoms with van der Waals surface area (Å²) in [6.45, 7) is 0.348. The first-order valence-electron chi connectivity index (χ1n) is 7.51. The molecular formula is C14H19N3O4S2. The van der Waals surface area contributed by atoms with Crippen LogP contribution in [-0.4, -0.2) is 43.4 Å². The molecule has 126 valence electrons.